The van der Waals surface area contributed by atoms with Gasteiger partial charge in [0.1, 0.15) is 4.21 Å². The van der Waals surface area contributed by atoms with Crippen molar-refractivity contribution in [1.29, 1.82) is 0 Å². The number of sulfonamides is 1. The molecule has 0 saturated heterocycles. The number of halogens is 2. The first-order valence-electron chi connectivity index (χ1n) is 7.46. The van der Waals surface area contributed by atoms with Crippen LogP contribution in [0.25, 0.3) is 0 Å². The Morgan fingerprint density at radius 3 is 2.38 bits per heavy atom. The van der Waals surface area contributed by atoms with Crippen LogP contribution in [0.1, 0.15) is 31.4 Å². The molecule has 1 unspecified atom stereocenters. The van der Waals surface area contributed by atoms with Gasteiger partial charge in [-0.05, 0) is 48.6 Å². The second-order valence-electron chi connectivity index (χ2n) is 5.66. The minimum atomic E-state index is -3.52. The van der Waals surface area contributed by atoms with Gasteiger partial charge in [-0.3, -0.25) is 0 Å². The van der Waals surface area contributed by atoms with Gasteiger partial charge in [0, 0.05) is 11.6 Å². The Kier molecular flexibility index (Phi) is 7.10. The number of hydrogen-bond donors (Lipinski definition) is 2. The highest BCUT2D eigenvalue weighted by Gasteiger charge is 2.18. The highest BCUT2D eigenvalue weighted by Crippen LogP contribution is 2.26. The third-order valence-electron chi connectivity index (χ3n) is 3.62. The van der Waals surface area contributed by atoms with Gasteiger partial charge in [-0.25, -0.2) is 13.1 Å². The van der Waals surface area contributed by atoms with Crippen molar-refractivity contribution in [3.63, 3.8) is 0 Å². The van der Waals surface area contributed by atoms with Gasteiger partial charge in [-0.15, -0.1) is 11.3 Å². The first kappa shape index (κ1) is 19.7. The standard InChI is InChI=1S/C16H19Cl2NO3S2/c1-11(2-7-14(20)12-3-5-13(17)6-4-12)10-19-24(21,22)16-9-8-15(18)23-16/h3-6,8-9,11,14,19-20H,2,7,10H2,1H3/t11-,14?/m0/s1. The molecule has 0 aliphatic carbocycles. The average Bonchev–Trinajstić information content (AvgIpc) is 2.99. The Hall–Kier alpha value is -0.630. The first-order chi connectivity index (χ1) is 11.3. The van der Waals surface area contributed by atoms with Gasteiger partial charge >= 0.3 is 0 Å². The second kappa shape index (κ2) is 8.65. The van der Waals surface area contributed by atoms with Gasteiger partial charge in [0.2, 0.25) is 10.0 Å². The van der Waals surface area contributed by atoms with Gasteiger partial charge in [0.15, 0.2) is 0 Å². The Labute approximate surface area is 156 Å². The van der Waals surface area contributed by atoms with Crippen molar-refractivity contribution in [2.24, 2.45) is 5.92 Å². The lowest BCUT2D eigenvalue weighted by Gasteiger charge is -2.16. The van der Waals surface area contributed by atoms with E-state index >= 15 is 0 Å². The zero-order valence-electron chi connectivity index (χ0n) is 13.1. The van der Waals surface area contributed by atoms with E-state index in [1.165, 1.54) is 6.07 Å². The van der Waals surface area contributed by atoms with Gasteiger partial charge in [-0.1, -0.05) is 42.3 Å². The summed E-state index contributed by atoms with van der Waals surface area (Å²) in [6, 6.07) is 10.1. The molecule has 2 atom stereocenters. The minimum absolute atomic E-state index is 0.0946. The number of hydrogen-bond acceptors (Lipinski definition) is 4. The van der Waals surface area contributed by atoms with E-state index in [0.29, 0.717) is 28.7 Å². The van der Waals surface area contributed by atoms with Crippen molar-refractivity contribution < 1.29 is 13.5 Å². The lowest BCUT2D eigenvalue weighted by Crippen LogP contribution is -2.28. The summed E-state index contributed by atoms with van der Waals surface area (Å²) < 4.78 is 27.5. The average molecular weight is 408 g/mol. The van der Waals surface area contributed by atoms with Gasteiger partial charge in [-0.2, -0.15) is 0 Å². The second-order valence-corrected chi connectivity index (χ2v) is 9.81. The van der Waals surface area contributed by atoms with E-state index in [2.05, 4.69) is 4.72 Å². The fraction of sp³-hybridized carbons (Fsp3) is 0.375. The molecule has 24 heavy (non-hydrogen) atoms. The molecule has 0 aliphatic rings. The summed E-state index contributed by atoms with van der Waals surface area (Å²) in [7, 11) is -3.52. The SMILES string of the molecule is C[C@@H](CCC(O)c1ccc(Cl)cc1)CNS(=O)(=O)c1ccc(Cl)s1. The number of aliphatic hydroxyl groups is 1. The summed E-state index contributed by atoms with van der Waals surface area (Å²) in [6.07, 6.45) is 0.657. The third-order valence-corrected chi connectivity index (χ3v) is 7.02. The quantitative estimate of drug-likeness (QED) is 0.677. The summed E-state index contributed by atoms with van der Waals surface area (Å²) in [5.41, 5.74) is 0.806. The molecule has 0 aliphatic heterocycles. The molecule has 4 nitrogen and oxygen atoms in total. The summed E-state index contributed by atoms with van der Waals surface area (Å²) in [5, 5.41) is 10.8. The lowest BCUT2D eigenvalue weighted by molar-refractivity contribution is 0.158. The van der Waals surface area contributed by atoms with Crippen LogP contribution < -0.4 is 4.72 Å². The largest absolute Gasteiger partial charge is 0.388 e. The topological polar surface area (TPSA) is 66.4 Å². The van der Waals surface area contributed by atoms with Crippen molar-refractivity contribution in [2.75, 3.05) is 6.54 Å². The summed E-state index contributed by atoms with van der Waals surface area (Å²) in [4.78, 5) is 0. The highest BCUT2D eigenvalue weighted by molar-refractivity contribution is 7.91. The van der Waals surface area contributed by atoms with Crippen LogP contribution in [0.2, 0.25) is 9.36 Å². The van der Waals surface area contributed by atoms with Crippen LogP contribution in [0.5, 0.6) is 0 Å². The maximum atomic E-state index is 12.1. The molecule has 0 spiro atoms. The molecule has 132 valence electrons. The molecule has 8 heteroatoms. The van der Waals surface area contributed by atoms with Gasteiger partial charge in [0.25, 0.3) is 0 Å². The number of thiophene rings is 1. The van der Waals surface area contributed by atoms with Crippen molar-refractivity contribution in [3.8, 4) is 0 Å². The van der Waals surface area contributed by atoms with Crippen LogP contribution in [0.3, 0.4) is 0 Å². The number of aliphatic hydroxyl groups excluding tert-OH is 1. The van der Waals surface area contributed by atoms with E-state index in [4.69, 9.17) is 23.2 Å². The Morgan fingerprint density at radius 1 is 1.12 bits per heavy atom. The fourth-order valence-corrected chi connectivity index (χ4v) is 4.98. The number of nitrogens with one attached hydrogen (secondary N) is 1. The summed E-state index contributed by atoms with van der Waals surface area (Å²) in [6.45, 7) is 2.25. The van der Waals surface area contributed by atoms with Crippen LogP contribution in [0.15, 0.2) is 40.6 Å². The molecule has 0 fully saturated rings. The zero-order valence-corrected chi connectivity index (χ0v) is 16.2. The predicted octanol–water partition coefficient (Wildman–Crippen LogP) is 4.48. The minimum Gasteiger partial charge on any atom is -0.388 e. The maximum absolute atomic E-state index is 12.1. The molecule has 2 rings (SSSR count). The molecule has 1 heterocycles. The van der Waals surface area contributed by atoms with Gasteiger partial charge in [0.05, 0.1) is 10.4 Å². The Morgan fingerprint density at radius 2 is 1.79 bits per heavy atom. The van der Waals surface area contributed by atoms with Gasteiger partial charge < -0.3 is 5.11 Å². The summed E-state index contributed by atoms with van der Waals surface area (Å²) >= 11 is 12.6. The van der Waals surface area contributed by atoms with Crippen LogP contribution in [0, 0.1) is 5.92 Å². The Bertz CT molecular complexity index is 760. The van der Waals surface area contributed by atoms with E-state index in [-0.39, 0.29) is 10.1 Å². The lowest BCUT2D eigenvalue weighted by atomic mass is 9.99. The van der Waals surface area contributed by atoms with E-state index < -0.39 is 16.1 Å². The van der Waals surface area contributed by atoms with E-state index in [1.54, 1.807) is 30.3 Å². The van der Waals surface area contributed by atoms with E-state index in [1.807, 2.05) is 6.92 Å². The molecule has 0 saturated carbocycles. The maximum Gasteiger partial charge on any atom is 0.250 e. The van der Waals surface area contributed by atoms with E-state index in [0.717, 1.165) is 16.9 Å². The number of rotatable bonds is 8. The predicted molar refractivity (Wildman–Crippen MR) is 99.3 cm³/mol. The van der Waals surface area contributed by atoms with E-state index in [9.17, 15) is 13.5 Å². The van der Waals surface area contributed by atoms with Crippen LogP contribution in [-0.4, -0.2) is 20.1 Å². The third kappa shape index (κ3) is 5.72. The molecule has 0 bridgehead atoms. The zero-order chi connectivity index (χ0) is 17.7. The molecule has 1 aromatic carbocycles. The molecule has 0 radical (unpaired) electrons. The van der Waals surface area contributed by atoms with Crippen molar-refractivity contribution >= 4 is 44.6 Å². The monoisotopic (exact) mass is 407 g/mol. The van der Waals surface area contributed by atoms with Crippen LogP contribution in [-0.2, 0) is 10.0 Å². The number of benzene rings is 1. The molecule has 0 amide bonds. The van der Waals surface area contributed by atoms with Crippen LogP contribution in [0.4, 0.5) is 0 Å². The van der Waals surface area contributed by atoms with Crippen molar-refractivity contribution in [1.82, 2.24) is 4.72 Å². The molecule has 1 aromatic heterocycles. The fourth-order valence-electron chi connectivity index (χ4n) is 2.16. The molecule has 2 N–H and O–H groups in total. The van der Waals surface area contributed by atoms with Crippen molar-refractivity contribution in [3.05, 3.63) is 51.3 Å². The Balaban J connectivity index is 1.81. The van der Waals surface area contributed by atoms with Crippen LogP contribution >= 0.6 is 34.5 Å². The normalized spacial score (nSPS) is 14.5. The molecular formula is C16H19Cl2NO3S2. The smallest absolute Gasteiger partial charge is 0.250 e. The van der Waals surface area contributed by atoms with Crippen molar-refractivity contribution in [2.45, 2.75) is 30.1 Å². The molecular weight excluding hydrogens is 389 g/mol. The summed E-state index contributed by atoms with van der Waals surface area (Å²) in [5.74, 6) is 0.0946. The molecule has 2 aromatic rings. The first-order valence-corrected chi connectivity index (χ1v) is 10.5. The highest BCUT2D eigenvalue weighted by atomic mass is 35.5.